The van der Waals surface area contributed by atoms with E-state index in [1.54, 1.807) is 6.20 Å². The van der Waals surface area contributed by atoms with Gasteiger partial charge in [-0.3, -0.25) is 0 Å². The largest absolute Gasteiger partial charge is 0.324 e. The highest BCUT2D eigenvalue weighted by molar-refractivity contribution is 9.10. The Balaban J connectivity index is 1.45. The molecule has 0 bridgehead atoms. The molecule has 7 heteroatoms. The zero-order valence-electron chi connectivity index (χ0n) is 14.5. The fraction of sp³-hybridized carbons (Fsp3) is 0.316. The van der Waals surface area contributed by atoms with Gasteiger partial charge in [-0.2, -0.15) is 0 Å². The first-order chi connectivity index (χ1) is 12.6. The maximum atomic E-state index is 12.6. The molecule has 1 saturated heterocycles. The highest BCUT2D eigenvalue weighted by Gasteiger charge is 2.26. The average molecular weight is 414 g/mol. The molecule has 2 amide bonds. The molecule has 6 nitrogen and oxygen atoms in total. The molecule has 3 heterocycles. The maximum absolute atomic E-state index is 12.6. The second-order valence-corrected chi connectivity index (χ2v) is 7.36. The summed E-state index contributed by atoms with van der Waals surface area (Å²) in [6, 6.07) is 11.8. The fourth-order valence-corrected chi connectivity index (χ4v) is 3.95. The van der Waals surface area contributed by atoms with Crippen molar-refractivity contribution >= 4 is 38.8 Å². The number of aromatic nitrogens is 3. The Hall–Kier alpha value is -2.41. The third-order valence-corrected chi connectivity index (χ3v) is 5.55. The van der Waals surface area contributed by atoms with E-state index in [9.17, 15) is 4.79 Å². The van der Waals surface area contributed by atoms with Crippen molar-refractivity contribution < 1.29 is 4.79 Å². The molecule has 0 unspecified atom stereocenters. The summed E-state index contributed by atoms with van der Waals surface area (Å²) in [6.07, 6.45) is 3.60. The first-order valence-corrected chi connectivity index (χ1v) is 9.53. The molecule has 0 aliphatic carbocycles. The zero-order valence-corrected chi connectivity index (χ0v) is 16.1. The third-order valence-electron chi connectivity index (χ3n) is 4.86. The van der Waals surface area contributed by atoms with Gasteiger partial charge < -0.3 is 14.8 Å². The molecular weight excluding hydrogens is 394 g/mol. The van der Waals surface area contributed by atoms with Gasteiger partial charge in [-0.05, 0) is 60.0 Å². The number of hydrogen-bond acceptors (Lipinski definition) is 3. The fourth-order valence-electron chi connectivity index (χ4n) is 3.56. The van der Waals surface area contributed by atoms with Crippen molar-refractivity contribution in [2.45, 2.75) is 25.8 Å². The Morgan fingerprint density at radius 2 is 1.96 bits per heavy atom. The number of benzene rings is 1. The lowest BCUT2D eigenvalue weighted by Crippen LogP contribution is -2.41. The lowest BCUT2D eigenvalue weighted by Gasteiger charge is -2.33. The number of anilines is 1. The first kappa shape index (κ1) is 17.0. The van der Waals surface area contributed by atoms with Crippen LogP contribution in [0.5, 0.6) is 0 Å². The monoisotopic (exact) mass is 413 g/mol. The summed E-state index contributed by atoms with van der Waals surface area (Å²) in [6.45, 7) is 3.45. The Morgan fingerprint density at radius 3 is 2.73 bits per heavy atom. The van der Waals surface area contributed by atoms with Crippen LogP contribution in [0.3, 0.4) is 0 Å². The molecule has 1 aromatic carbocycles. The third kappa shape index (κ3) is 3.19. The number of amides is 2. The van der Waals surface area contributed by atoms with Gasteiger partial charge in [0.05, 0.1) is 5.69 Å². The number of urea groups is 1. The Labute approximate surface area is 160 Å². The molecule has 1 N–H and O–H groups in total. The number of nitrogens with zero attached hydrogens (tertiary/aromatic N) is 4. The van der Waals surface area contributed by atoms with Crippen LogP contribution in [0.1, 0.15) is 24.7 Å². The topological polar surface area (TPSA) is 63.1 Å². The molecule has 134 valence electrons. The summed E-state index contributed by atoms with van der Waals surface area (Å²) in [5.41, 5.74) is 2.65. The van der Waals surface area contributed by atoms with Crippen LogP contribution in [0.25, 0.3) is 11.2 Å². The van der Waals surface area contributed by atoms with Gasteiger partial charge in [0, 0.05) is 29.8 Å². The van der Waals surface area contributed by atoms with Gasteiger partial charge in [-0.1, -0.05) is 12.1 Å². The van der Waals surface area contributed by atoms with E-state index < -0.39 is 0 Å². The second-order valence-electron chi connectivity index (χ2n) is 6.50. The van der Waals surface area contributed by atoms with Crippen molar-refractivity contribution in [2.75, 3.05) is 18.4 Å². The Morgan fingerprint density at radius 1 is 1.19 bits per heavy atom. The SMILES string of the molecule is Cc1nc2cccnc2n1C1CCN(C(=O)Nc2ccccc2Br)CC1. The number of halogens is 1. The van der Waals surface area contributed by atoms with Crippen molar-refractivity contribution in [3.05, 3.63) is 52.9 Å². The molecule has 1 aliphatic rings. The van der Waals surface area contributed by atoms with Crippen molar-refractivity contribution in [2.24, 2.45) is 0 Å². The van der Waals surface area contributed by atoms with Crippen LogP contribution in [0.15, 0.2) is 47.1 Å². The molecule has 0 radical (unpaired) electrons. The summed E-state index contributed by atoms with van der Waals surface area (Å²) in [5.74, 6) is 0.981. The molecular formula is C19H20BrN5O. The van der Waals surface area contributed by atoms with E-state index in [-0.39, 0.29) is 6.03 Å². The number of imidazole rings is 1. The quantitative estimate of drug-likeness (QED) is 0.678. The second kappa shape index (κ2) is 7.07. The Kier molecular flexibility index (Phi) is 4.63. The van der Waals surface area contributed by atoms with E-state index in [1.807, 2.05) is 48.2 Å². The molecule has 3 aromatic rings. The van der Waals surface area contributed by atoms with Crippen LogP contribution in [-0.4, -0.2) is 38.6 Å². The minimum atomic E-state index is -0.0549. The number of hydrogen-bond donors (Lipinski definition) is 1. The van der Waals surface area contributed by atoms with E-state index >= 15 is 0 Å². The highest BCUT2D eigenvalue weighted by Crippen LogP contribution is 2.28. The first-order valence-electron chi connectivity index (χ1n) is 8.73. The number of piperidine rings is 1. The van der Waals surface area contributed by atoms with Crippen LogP contribution in [0.4, 0.5) is 10.5 Å². The zero-order chi connectivity index (χ0) is 18.1. The molecule has 0 spiro atoms. The van der Waals surface area contributed by atoms with Crippen LogP contribution >= 0.6 is 15.9 Å². The standard InChI is InChI=1S/C19H20BrN5O/c1-13-22-17-7-4-10-21-18(17)25(13)14-8-11-24(12-9-14)19(26)23-16-6-3-2-5-15(16)20/h2-7,10,14H,8-9,11-12H2,1H3,(H,23,26). The van der Waals surface area contributed by atoms with Crippen molar-refractivity contribution in [1.29, 1.82) is 0 Å². The Bertz CT molecular complexity index is 946. The molecule has 1 fully saturated rings. The lowest BCUT2D eigenvalue weighted by molar-refractivity contribution is 0.184. The number of pyridine rings is 1. The predicted molar refractivity (Wildman–Crippen MR) is 105 cm³/mol. The number of nitrogens with one attached hydrogen (secondary N) is 1. The molecule has 1 aliphatic heterocycles. The minimum Gasteiger partial charge on any atom is -0.324 e. The van der Waals surface area contributed by atoms with E-state index in [1.165, 1.54) is 0 Å². The van der Waals surface area contributed by atoms with Gasteiger partial charge in [-0.15, -0.1) is 0 Å². The molecule has 0 saturated carbocycles. The van der Waals surface area contributed by atoms with Crippen LogP contribution in [0, 0.1) is 6.92 Å². The van der Waals surface area contributed by atoms with Crippen LogP contribution < -0.4 is 5.32 Å². The summed E-state index contributed by atoms with van der Waals surface area (Å²) in [5, 5.41) is 2.98. The number of aryl methyl sites for hydroxylation is 1. The lowest BCUT2D eigenvalue weighted by atomic mass is 10.0. The highest BCUT2D eigenvalue weighted by atomic mass is 79.9. The van der Waals surface area contributed by atoms with E-state index in [2.05, 4.69) is 35.8 Å². The van der Waals surface area contributed by atoms with Crippen LogP contribution in [-0.2, 0) is 0 Å². The van der Waals surface area contributed by atoms with Gasteiger partial charge in [-0.25, -0.2) is 14.8 Å². The number of likely N-dealkylation sites (tertiary alicyclic amines) is 1. The minimum absolute atomic E-state index is 0.0549. The summed E-state index contributed by atoms with van der Waals surface area (Å²) < 4.78 is 3.10. The van der Waals surface area contributed by atoms with Crippen molar-refractivity contribution in [3.8, 4) is 0 Å². The summed E-state index contributed by atoms with van der Waals surface area (Å²) >= 11 is 3.46. The van der Waals surface area contributed by atoms with Crippen LogP contribution in [0.2, 0.25) is 0 Å². The van der Waals surface area contributed by atoms with Gasteiger partial charge in [0.2, 0.25) is 0 Å². The molecule has 2 aromatic heterocycles. The number of fused-ring (bicyclic) bond motifs is 1. The van der Waals surface area contributed by atoms with Gasteiger partial charge in [0.25, 0.3) is 0 Å². The molecule has 0 atom stereocenters. The van der Waals surface area contributed by atoms with Crippen molar-refractivity contribution in [1.82, 2.24) is 19.4 Å². The van der Waals surface area contributed by atoms with E-state index in [0.717, 1.165) is 40.0 Å². The van der Waals surface area contributed by atoms with Gasteiger partial charge in [0.1, 0.15) is 11.3 Å². The summed E-state index contributed by atoms with van der Waals surface area (Å²) in [7, 11) is 0. The number of carbonyl (C=O) groups is 1. The number of para-hydroxylation sites is 1. The summed E-state index contributed by atoms with van der Waals surface area (Å²) in [4.78, 5) is 23.5. The average Bonchev–Trinajstić information content (AvgIpc) is 2.99. The molecule has 26 heavy (non-hydrogen) atoms. The smallest absolute Gasteiger partial charge is 0.321 e. The van der Waals surface area contributed by atoms with Crippen molar-refractivity contribution in [3.63, 3.8) is 0 Å². The number of rotatable bonds is 2. The van der Waals surface area contributed by atoms with Gasteiger partial charge >= 0.3 is 6.03 Å². The van der Waals surface area contributed by atoms with E-state index in [0.29, 0.717) is 19.1 Å². The maximum Gasteiger partial charge on any atom is 0.321 e. The normalized spacial score (nSPS) is 15.4. The van der Waals surface area contributed by atoms with Gasteiger partial charge in [0.15, 0.2) is 5.65 Å². The number of carbonyl (C=O) groups excluding carboxylic acids is 1. The molecule has 4 rings (SSSR count). The predicted octanol–water partition coefficient (Wildman–Crippen LogP) is 4.37. The van der Waals surface area contributed by atoms with E-state index in [4.69, 9.17) is 0 Å².